The molecule has 0 bridgehead atoms. The normalized spacial score (nSPS) is 22.2. The minimum atomic E-state index is -0.481. The van der Waals surface area contributed by atoms with Crippen LogP contribution < -0.4 is 10.2 Å². The lowest BCUT2D eigenvalue weighted by Gasteiger charge is -2.36. The Bertz CT molecular complexity index is 1360. The highest BCUT2D eigenvalue weighted by atomic mass is 35.5. The van der Waals surface area contributed by atoms with E-state index in [1.54, 1.807) is 17.9 Å². The molecule has 5 rings (SSSR count). The zero-order chi connectivity index (χ0) is 24.9. The Kier molecular flexibility index (Phi) is 5.83. The lowest BCUT2D eigenvalue weighted by atomic mass is 9.71. The SMILES string of the molecule is CC(=O)c1cnc2c(C(=O)NC3CCC4(CC3)CCN(c3ccc(F)cc3Cl)C4=O)cnn2c1C. The molecule has 2 fully saturated rings. The average molecular weight is 498 g/mol. The number of aryl methyl sites for hydroxylation is 1. The first-order chi connectivity index (χ1) is 16.7. The number of nitrogens with zero attached hydrogens (tertiary/aromatic N) is 4. The Morgan fingerprint density at radius 1 is 1.17 bits per heavy atom. The largest absolute Gasteiger partial charge is 0.349 e. The monoisotopic (exact) mass is 497 g/mol. The van der Waals surface area contributed by atoms with Crippen LogP contribution in [0.3, 0.4) is 0 Å². The Morgan fingerprint density at radius 2 is 1.91 bits per heavy atom. The maximum atomic E-state index is 13.4. The average Bonchev–Trinajstić information content (AvgIpc) is 3.38. The van der Waals surface area contributed by atoms with E-state index >= 15 is 0 Å². The molecule has 1 aliphatic carbocycles. The summed E-state index contributed by atoms with van der Waals surface area (Å²) in [5.74, 6) is -0.816. The van der Waals surface area contributed by atoms with Gasteiger partial charge in [-0.2, -0.15) is 5.10 Å². The van der Waals surface area contributed by atoms with Gasteiger partial charge in [0, 0.05) is 18.8 Å². The van der Waals surface area contributed by atoms with Gasteiger partial charge in [-0.3, -0.25) is 14.4 Å². The molecule has 0 unspecified atom stereocenters. The molecule has 0 radical (unpaired) electrons. The van der Waals surface area contributed by atoms with Crippen LogP contribution in [0.25, 0.3) is 5.65 Å². The molecule has 2 amide bonds. The number of amides is 2. The van der Waals surface area contributed by atoms with Crippen molar-refractivity contribution in [3.05, 3.63) is 58.3 Å². The van der Waals surface area contributed by atoms with Gasteiger partial charge >= 0.3 is 0 Å². The van der Waals surface area contributed by atoms with Crippen molar-refractivity contribution >= 4 is 40.5 Å². The van der Waals surface area contributed by atoms with Crippen molar-refractivity contribution in [2.45, 2.75) is 52.0 Å². The van der Waals surface area contributed by atoms with Crippen molar-refractivity contribution in [3.63, 3.8) is 0 Å². The van der Waals surface area contributed by atoms with Crippen molar-refractivity contribution in [3.8, 4) is 0 Å². The van der Waals surface area contributed by atoms with E-state index in [4.69, 9.17) is 11.6 Å². The lowest BCUT2D eigenvalue weighted by Crippen LogP contribution is -2.44. The fraction of sp³-hybridized carbons (Fsp3) is 0.400. The molecule has 3 aromatic rings. The summed E-state index contributed by atoms with van der Waals surface area (Å²) in [7, 11) is 0. The van der Waals surface area contributed by atoms with E-state index in [0.29, 0.717) is 66.8 Å². The number of fused-ring (bicyclic) bond motifs is 1. The number of hydrogen-bond donors (Lipinski definition) is 1. The van der Waals surface area contributed by atoms with Gasteiger partial charge in [0.05, 0.1) is 33.6 Å². The van der Waals surface area contributed by atoms with Crippen LogP contribution in [0.1, 0.15) is 65.4 Å². The topological polar surface area (TPSA) is 96.7 Å². The quantitative estimate of drug-likeness (QED) is 0.547. The molecule has 2 aromatic heterocycles. The third-order valence-corrected chi connectivity index (χ3v) is 7.69. The van der Waals surface area contributed by atoms with E-state index in [2.05, 4.69) is 15.4 Å². The smallest absolute Gasteiger partial charge is 0.256 e. The summed E-state index contributed by atoms with van der Waals surface area (Å²) in [6, 6.07) is 4.01. The number of carbonyl (C=O) groups excluding carboxylic acids is 3. The molecule has 35 heavy (non-hydrogen) atoms. The van der Waals surface area contributed by atoms with E-state index in [1.165, 1.54) is 36.0 Å². The van der Waals surface area contributed by atoms with Gasteiger partial charge in [0.15, 0.2) is 11.4 Å². The molecule has 1 saturated heterocycles. The minimum absolute atomic E-state index is 0.0133. The van der Waals surface area contributed by atoms with Gasteiger partial charge in [-0.05, 0) is 64.2 Å². The number of Topliss-reactive ketones (excluding diaryl/α,β-unsaturated/α-hetero) is 1. The summed E-state index contributed by atoms with van der Waals surface area (Å²) in [5, 5.41) is 7.54. The second kappa shape index (κ2) is 8.71. The Morgan fingerprint density at radius 3 is 2.60 bits per heavy atom. The number of carbonyl (C=O) groups is 3. The lowest BCUT2D eigenvalue weighted by molar-refractivity contribution is -0.127. The Labute approximate surface area is 206 Å². The molecule has 182 valence electrons. The highest BCUT2D eigenvalue weighted by Gasteiger charge is 2.49. The third-order valence-electron chi connectivity index (χ3n) is 7.38. The Hall–Kier alpha value is -3.33. The maximum Gasteiger partial charge on any atom is 0.256 e. The van der Waals surface area contributed by atoms with E-state index in [1.807, 2.05) is 0 Å². The van der Waals surface area contributed by atoms with Crippen LogP contribution in [-0.4, -0.2) is 44.8 Å². The number of halogens is 2. The fourth-order valence-electron chi connectivity index (χ4n) is 5.34. The molecule has 3 heterocycles. The summed E-state index contributed by atoms with van der Waals surface area (Å²) in [4.78, 5) is 44.0. The predicted octanol–water partition coefficient (Wildman–Crippen LogP) is 4.13. The first-order valence-corrected chi connectivity index (χ1v) is 12.0. The molecule has 1 N–H and O–H groups in total. The number of ketones is 1. The second-order valence-electron chi connectivity index (χ2n) is 9.44. The van der Waals surface area contributed by atoms with Crippen LogP contribution in [0.2, 0.25) is 5.02 Å². The highest BCUT2D eigenvalue weighted by Crippen LogP contribution is 2.47. The van der Waals surface area contributed by atoms with Crippen molar-refractivity contribution in [2.24, 2.45) is 5.41 Å². The van der Waals surface area contributed by atoms with Gasteiger partial charge in [0.2, 0.25) is 5.91 Å². The second-order valence-corrected chi connectivity index (χ2v) is 9.84. The van der Waals surface area contributed by atoms with Crippen LogP contribution >= 0.6 is 11.6 Å². The van der Waals surface area contributed by atoms with Gasteiger partial charge in [-0.25, -0.2) is 13.9 Å². The predicted molar refractivity (Wildman–Crippen MR) is 128 cm³/mol. The number of hydrogen-bond acceptors (Lipinski definition) is 5. The Balaban J connectivity index is 1.26. The maximum absolute atomic E-state index is 13.4. The van der Waals surface area contributed by atoms with Gasteiger partial charge in [0.1, 0.15) is 11.4 Å². The fourth-order valence-corrected chi connectivity index (χ4v) is 5.61. The molecule has 0 atom stereocenters. The zero-order valence-electron chi connectivity index (χ0n) is 19.5. The number of nitrogens with one attached hydrogen (secondary N) is 1. The number of benzene rings is 1. The van der Waals surface area contributed by atoms with Crippen LogP contribution in [-0.2, 0) is 4.79 Å². The standard InChI is InChI=1S/C25H25ClFN5O3/c1-14-18(15(2)33)12-28-22-19(13-29-32(14)22)23(34)30-17-5-7-25(8-6-17)9-10-31(24(25)35)21-4-3-16(27)11-20(21)26/h3-4,11-13,17H,5-10H2,1-2H3,(H,30,34). The summed E-state index contributed by atoms with van der Waals surface area (Å²) >= 11 is 6.20. The van der Waals surface area contributed by atoms with Gasteiger partial charge in [0.25, 0.3) is 5.91 Å². The molecule has 2 aliphatic rings. The molecular weight excluding hydrogens is 473 g/mol. The highest BCUT2D eigenvalue weighted by molar-refractivity contribution is 6.34. The first-order valence-electron chi connectivity index (χ1n) is 11.6. The van der Waals surface area contributed by atoms with Crippen LogP contribution in [0.4, 0.5) is 10.1 Å². The number of anilines is 1. The van der Waals surface area contributed by atoms with Crippen LogP contribution in [0.15, 0.2) is 30.6 Å². The molecule has 1 aliphatic heterocycles. The minimum Gasteiger partial charge on any atom is -0.349 e. The number of aromatic nitrogens is 3. The van der Waals surface area contributed by atoms with Crippen LogP contribution in [0.5, 0.6) is 0 Å². The van der Waals surface area contributed by atoms with E-state index < -0.39 is 11.2 Å². The summed E-state index contributed by atoms with van der Waals surface area (Å²) in [6.45, 7) is 3.77. The summed E-state index contributed by atoms with van der Waals surface area (Å²) in [6.07, 6.45) is 6.28. The van der Waals surface area contributed by atoms with Gasteiger partial charge in [-0.15, -0.1) is 0 Å². The van der Waals surface area contributed by atoms with E-state index in [0.717, 1.165) is 0 Å². The van der Waals surface area contributed by atoms with Gasteiger partial charge in [-0.1, -0.05) is 11.6 Å². The molecule has 1 saturated carbocycles. The van der Waals surface area contributed by atoms with E-state index in [-0.39, 0.29) is 28.7 Å². The van der Waals surface area contributed by atoms with Crippen molar-refractivity contribution in [1.29, 1.82) is 0 Å². The van der Waals surface area contributed by atoms with Crippen molar-refractivity contribution in [2.75, 3.05) is 11.4 Å². The summed E-state index contributed by atoms with van der Waals surface area (Å²) < 4.78 is 14.9. The van der Waals surface area contributed by atoms with Crippen molar-refractivity contribution < 1.29 is 18.8 Å². The molecule has 10 heteroatoms. The van der Waals surface area contributed by atoms with E-state index in [9.17, 15) is 18.8 Å². The van der Waals surface area contributed by atoms with Gasteiger partial charge < -0.3 is 10.2 Å². The van der Waals surface area contributed by atoms with Crippen molar-refractivity contribution in [1.82, 2.24) is 19.9 Å². The molecule has 8 nitrogen and oxygen atoms in total. The summed E-state index contributed by atoms with van der Waals surface area (Å²) in [5.41, 5.74) is 1.89. The molecule has 1 spiro atoms. The molecule has 1 aromatic carbocycles. The molecular formula is C25H25ClFN5O3. The third kappa shape index (κ3) is 3.97. The van der Waals surface area contributed by atoms with Crippen LogP contribution in [0, 0.1) is 18.2 Å². The zero-order valence-corrected chi connectivity index (χ0v) is 20.2. The number of rotatable bonds is 4. The first kappa shape index (κ1) is 23.4.